The molecule has 0 amide bonds. The summed E-state index contributed by atoms with van der Waals surface area (Å²) in [7, 11) is 0. The minimum Gasteiger partial charge on any atom is -0.491 e. The first-order valence-electron chi connectivity index (χ1n) is 10.2. The second-order valence-electron chi connectivity index (χ2n) is 7.53. The number of aliphatic hydroxyl groups excluding tert-OH is 2. The van der Waals surface area contributed by atoms with E-state index < -0.39 is 12.2 Å². The lowest BCUT2D eigenvalue weighted by atomic mass is 10.3. The summed E-state index contributed by atoms with van der Waals surface area (Å²) in [4.78, 5) is 2.70. The quantitative estimate of drug-likeness (QED) is 0.336. The standard InChI is InChI=1S/C20H32N2O6/c23-17(13-21-5-9-25-10-6-21)15-27-19-1-2-20(4-3-19)28-16-18(24)14-22-7-11-26-12-8-22/h1-4,17-18,23-24H,5-16H2/p+2/t17-,18-/m1/s1. The Morgan fingerprint density at radius 2 is 1.07 bits per heavy atom. The first kappa shape index (κ1) is 21.3. The minimum atomic E-state index is -0.498. The van der Waals surface area contributed by atoms with Crippen molar-refractivity contribution in [2.45, 2.75) is 12.2 Å². The van der Waals surface area contributed by atoms with E-state index >= 15 is 0 Å². The molecule has 0 radical (unpaired) electrons. The van der Waals surface area contributed by atoms with Gasteiger partial charge >= 0.3 is 0 Å². The zero-order valence-corrected chi connectivity index (χ0v) is 16.5. The molecule has 8 nitrogen and oxygen atoms in total. The van der Waals surface area contributed by atoms with Crippen LogP contribution in [0.2, 0.25) is 0 Å². The van der Waals surface area contributed by atoms with E-state index in [1.165, 1.54) is 9.80 Å². The number of quaternary nitrogens is 2. The third-order valence-electron chi connectivity index (χ3n) is 5.16. The molecule has 3 rings (SSSR count). The summed E-state index contributed by atoms with van der Waals surface area (Å²) >= 11 is 0. The maximum Gasteiger partial charge on any atom is 0.137 e. The fourth-order valence-corrected chi connectivity index (χ4v) is 3.53. The normalized spacial score (nSPS) is 21.2. The van der Waals surface area contributed by atoms with Gasteiger partial charge in [-0.1, -0.05) is 0 Å². The lowest BCUT2D eigenvalue weighted by molar-refractivity contribution is -0.911. The number of hydrogen-bond donors (Lipinski definition) is 4. The average Bonchev–Trinajstić information content (AvgIpc) is 2.73. The van der Waals surface area contributed by atoms with Crippen LogP contribution in [0, 0.1) is 0 Å². The topological polar surface area (TPSA) is 86.3 Å². The Morgan fingerprint density at radius 1 is 0.714 bits per heavy atom. The third-order valence-corrected chi connectivity index (χ3v) is 5.16. The Balaban J connectivity index is 1.32. The summed E-state index contributed by atoms with van der Waals surface area (Å²) in [6.45, 7) is 8.64. The van der Waals surface area contributed by atoms with E-state index in [9.17, 15) is 10.2 Å². The van der Waals surface area contributed by atoms with Crippen LogP contribution in [0.3, 0.4) is 0 Å². The minimum absolute atomic E-state index is 0.269. The largest absolute Gasteiger partial charge is 0.491 e. The van der Waals surface area contributed by atoms with Gasteiger partial charge in [0, 0.05) is 0 Å². The van der Waals surface area contributed by atoms with Crippen LogP contribution in [0.4, 0.5) is 0 Å². The van der Waals surface area contributed by atoms with E-state index in [2.05, 4.69) is 0 Å². The molecule has 0 aromatic heterocycles. The van der Waals surface area contributed by atoms with Crippen LogP contribution < -0.4 is 19.3 Å². The van der Waals surface area contributed by atoms with Gasteiger partial charge in [0.2, 0.25) is 0 Å². The van der Waals surface area contributed by atoms with Crippen molar-refractivity contribution in [1.82, 2.24) is 0 Å². The van der Waals surface area contributed by atoms with Gasteiger partial charge in [0.1, 0.15) is 76.2 Å². The highest BCUT2D eigenvalue weighted by Gasteiger charge is 2.19. The summed E-state index contributed by atoms with van der Waals surface area (Å²) in [6.07, 6.45) is -0.997. The molecule has 1 aromatic rings. The van der Waals surface area contributed by atoms with Gasteiger partial charge in [-0.15, -0.1) is 0 Å². The number of hydrogen-bond acceptors (Lipinski definition) is 6. The molecule has 2 aliphatic heterocycles. The van der Waals surface area contributed by atoms with E-state index in [0.717, 1.165) is 52.6 Å². The van der Waals surface area contributed by atoms with Gasteiger partial charge in [0.15, 0.2) is 0 Å². The van der Waals surface area contributed by atoms with Crippen molar-refractivity contribution in [2.75, 3.05) is 78.9 Å². The van der Waals surface area contributed by atoms with Crippen LogP contribution >= 0.6 is 0 Å². The van der Waals surface area contributed by atoms with Gasteiger partial charge in [-0.25, -0.2) is 0 Å². The maximum absolute atomic E-state index is 10.1. The molecule has 1 aromatic carbocycles. The van der Waals surface area contributed by atoms with Gasteiger partial charge in [-0.05, 0) is 24.3 Å². The van der Waals surface area contributed by atoms with E-state index in [-0.39, 0.29) is 13.2 Å². The van der Waals surface area contributed by atoms with Crippen molar-refractivity contribution in [3.63, 3.8) is 0 Å². The van der Waals surface area contributed by atoms with Gasteiger partial charge < -0.3 is 39.0 Å². The lowest BCUT2D eigenvalue weighted by Crippen LogP contribution is -3.15. The van der Waals surface area contributed by atoms with Crippen LogP contribution in [0.25, 0.3) is 0 Å². The number of aliphatic hydroxyl groups is 2. The molecule has 0 spiro atoms. The zero-order chi connectivity index (χ0) is 19.6. The molecule has 0 bridgehead atoms. The monoisotopic (exact) mass is 398 g/mol. The number of benzene rings is 1. The summed E-state index contributed by atoms with van der Waals surface area (Å²) in [5.41, 5.74) is 0. The highest BCUT2D eigenvalue weighted by Crippen LogP contribution is 2.17. The number of morpholine rings is 2. The molecule has 2 atom stereocenters. The molecule has 0 aliphatic carbocycles. The van der Waals surface area contributed by atoms with Crippen molar-refractivity contribution in [3.05, 3.63) is 24.3 Å². The Bertz CT molecular complexity index is 497. The summed E-state index contributed by atoms with van der Waals surface area (Å²) in [6, 6.07) is 7.29. The predicted molar refractivity (Wildman–Crippen MR) is 102 cm³/mol. The molecule has 2 aliphatic rings. The van der Waals surface area contributed by atoms with Crippen LogP contribution in [0.15, 0.2) is 24.3 Å². The molecule has 158 valence electrons. The fourth-order valence-electron chi connectivity index (χ4n) is 3.53. The smallest absolute Gasteiger partial charge is 0.137 e. The molecular weight excluding hydrogens is 364 g/mol. The van der Waals surface area contributed by atoms with Crippen LogP contribution in [-0.4, -0.2) is 101 Å². The van der Waals surface area contributed by atoms with E-state index in [1.54, 1.807) is 0 Å². The summed E-state index contributed by atoms with van der Waals surface area (Å²) in [5.74, 6) is 1.39. The van der Waals surface area contributed by atoms with Crippen LogP contribution in [0.1, 0.15) is 0 Å². The summed E-state index contributed by atoms with van der Waals surface area (Å²) < 4.78 is 22.0. The highest BCUT2D eigenvalue weighted by atomic mass is 16.5. The van der Waals surface area contributed by atoms with Crippen LogP contribution in [0.5, 0.6) is 11.5 Å². The SMILES string of the molecule is O[C@@H](COc1ccc(OC[C@H](O)C[NH+]2CCOCC2)cc1)C[NH+]1CCOCC1. The molecule has 0 saturated carbocycles. The molecule has 2 saturated heterocycles. The molecular formula is C20H34N2O6+2. The van der Waals surface area contributed by atoms with Crippen molar-refractivity contribution < 1.29 is 39.0 Å². The summed E-state index contributed by atoms with van der Waals surface area (Å²) in [5, 5.41) is 20.3. The molecule has 0 unspecified atom stereocenters. The Morgan fingerprint density at radius 3 is 1.43 bits per heavy atom. The Hall–Kier alpha value is -1.42. The van der Waals surface area contributed by atoms with Gasteiger partial charge in [-0.2, -0.15) is 0 Å². The molecule has 2 fully saturated rings. The van der Waals surface area contributed by atoms with Crippen molar-refractivity contribution in [3.8, 4) is 11.5 Å². The molecule has 8 heteroatoms. The predicted octanol–water partition coefficient (Wildman–Crippen LogP) is -3.00. The number of ether oxygens (including phenoxy) is 4. The van der Waals surface area contributed by atoms with Crippen molar-refractivity contribution in [2.24, 2.45) is 0 Å². The second kappa shape index (κ2) is 11.5. The van der Waals surface area contributed by atoms with Gasteiger partial charge in [-0.3, -0.25) is 0 Å². The zero-order valence-electron chi connectivity index (χ0n) is 16.5. The molecule has 28 heavy (non-hydrogen) atoms. The molecule has 2 heterocycles. The van der Waals surface area contributed by atoms with Gasteiger partial charge in [0.05, 0.1) is 26.4 Å². The first-order chi connectivity index (χ1) is 13.7. The maximum atomic E-state index is 10.1. The third kappa shape index (κ3) is 7.54. The van der Waals surface area contributed by atoms with E-state index in [0.29, 0.717) is 24.6 Å². The Labute approximate surface area is 166 Å². The van der Waals surface area contributed by atoms with Crippen LogP contribution in [-0.2, 0) is 9.47 Å². The van der Waals surface area contributed by atoms with E-state index in [4.69, 9.17) is 18.9 Å². The second-order valence-corrected chi connectivity index (χ2v) is 7.53. The van der Waals surface area contributed by atoms with Crippen molar-refractivity contribution >= 4 is 0 Å². The average molecular weight is 399 g/mol. The number of rotatable bonds is 10. The number of nitrogens with one attached hydrogen (secondary N) is 2. The van der Waals surface area contributed by atoms with Gasteiger partial charge in [0.25, 0.3) is 0 Å². The lowest BCUT2D eigenvalue weighted by Gasteiger charge is -2.26. The van der Waals surface area contributed by atoms with E-state index in [1.807, 2.05) is 24.3 Å². The Kier molecular flexibility index (Phi) is 8.78. The van der Waals surface area contributed by atoms with Crippen molar-refractivity contribution in [1.29, 1.82) is 0 Å². The first-order valence-corrected chi connectivity index (χ1v) is 10.2. The fraction of sp³-hybridized carbons (Fsp3) is 0.700. The molecule has 4 N–H and O–H groups in total. The highest BCUT2D eigenvalue weighted by molar-refractivity contribution is 5.31.